The van der Waals surface area contributed by atoms with Gasteiger partial charge in [-0.25, -0.2) is 8.42 Å². The predicted molar refractivity (Wildman–Crippen MR) is 146 cm³/mol. The molecule has 1 fully saturated rings. The van der Waals surface area contributed by atoms with Gasteiger partial charge in [-0.15, -0.1) is 0 Å². The monoisotopic (exact) mass is 560 g/mol. The van der Waals surface area contributed by atoms with Crippen molar-refractivity contribution in [2.45, 2.75) is 30.7 Å². The number of hydrogen-bond acceptors (Lipinski definition) is 4. The lowest BCUT2D eigenvalue weighted by Gasteiger charge is -2.42. The first-order valence-electron chi connectivity index (χ1n) is 12.1. The van der Waals surface area contributed by atoms with Crippen molar-refractivity contribution in [3.05, 3.63) is 94.5 Å². The lowest BCUT2D eigenvalue weighted by Crippen LogP contribution is -2.50. The Hall–Kier alpha value is -2.58. The maximum atomic E-state index is 13.6. The van der Waals surface area contributed by atoms with E-state index in [1.54, 1.807) is 18.0 Å². The Bertz CT molecular complexity index is 1320. The van der Waals surface area contributed by atoms with Crippen LogP contribution in [0.2, 0.25) is 10.0 Å². The summed E-state index contributed by atoms with van der Waals surface area (Å²) >= 11 is 12.4. The molecule has 9 heteroatoms. The highest BCUT2D eigenvalue weighted by Gasteiger charge is 2.43. The molecule has 0 aliphatic carbocycles. The van der Waals surface area contributed by atoms with E-state index in [-0.39, 0.29) is 40.4 Å². The second-order valence-electron chi connectivity index (χ2n) is 9.53. The van der Waals surface area contributed by atoms with Crippen LogP contribution in [0.25, 0.3) is 0 Å². The SMILES string of the molecule is CN(Cc1ccccc1)C(=O)CC1(COc2ccccc2)CCCN(S(=O)(=O)c2cc(Cl)ccc2Cl)C1. The fourth-order valence-electron chi connectivity index (χ4n) is 4.65. The third kappa shape index (κ3) is 6.85. The first-order valence-corrected chi connectivity index (χ1v) is 14.3. The highest BCUT2D eigenvalue weighted by atomic mass is 35.5. The second-order valence-corrected chi connectivity index (χ2v) is 12.3. The van der Waals surface area contributed by atoms with E-state index < -0.39 is 15.4 Å². The lowest BCUT2D eigenvalue weighted by atomic mass is 9.78. The fraction of sp³-hybridized carbons (Fsp3) is 0.321. The number of carbonyl (C=O) groups excluding carboxylic acids is 1. The average molecular weight is 562 g/mol. The van der Waals surface area contributed by atoms with E-state index in [9.17, 15) is 13.2 Å². The second kappa shape index (κ2) is 11.9. The minimum absolute atomic E-state index is 0.0334. The number of halogens is 2. The maximum Gasteiger partial charge on any atom is 0.244 e. The van der Waals surface area contributed by atoms with E-state index in [0.29, 0.717) is 31.7 Å². The van der Waals surface area contributed by atoms with Crippen LogP contribution in [-0.2, 0) is 21.4 Å². The van der Waals surface area contributed by atoms with Gasteiger partial charge in [-0.2, -0.15) is 4.31 Å². The Labute approximate surface area is 228 Å². The summed E-state index contributed by atoms with van der Waals surface area (Å²) in [4.78, 5) is 15.1. The summed E-state index contributed by atoms with van der Waals surface area (Å²) in [6.07, 6.45) is 1.39. The van der Waals surface area contributed by atoms with Crippen LogP contribution >= 0.6 is 23.2 Å². The van der Waals surface area contributed by atoms with Crippen molar-refractivity contribution in [2.75, 3.05) is 26.7 Å². The molecule has 3 aromatic carbocycles. The molecule has 0 bridgehead atoms. The van der Waals surface area contributed by atoms with Crippen molar-refractivity contribution >= 4 is 39.1 Å². The third-order valence-corrected chi connectivity index (χ3v) is 9.20. The number of amides is 1. The molecule has 37 heavy (non-hydrogen) atoms. The van der Waals surface area contributed by atoms with Gasteiger partial charge in [-0.3, -0.25) is 4.79 Å². The zero-order valence-corrected chi connectivity index (χ0v) is 23.0. The van der Waals surface area contributed by atoms with Gasteiger partial charge in [0.05, 0.1) is 11.6 Å². The molecule has 0 N–H and O–H groups in total. The van der Waals surface area contributed by atoms with E-state index in [1.165, 1.54) is 16.4 Å². The van der Waals surface area contributed by atoms with Gasteiger partial charge in [0.1, 0.15) is 10.6 Å². The van der Waals surface area contributed by atoms with E-state index in [1.807, 2.05) is 60.7 Å². The van der Waals surface area contributed by atoms with Crippen LogP contribution in [0.4, 0.5) is 0 Å². The molecule has 1 atom stereocenters. The minimum Gasteiger partial charge on any atom is -0.493 e. The highest BCUT2D eigenvalue weighted by molar-refractivity contribution is 7.89. The van der Waals surface area contributed by atoms with Crippen LogP contribution < -0.4 is 4.74 Å². The van der Waals surface area contributed by atoms with Crippen molar-refractivity contribution in [3.8, 4) is 5.75 Å². The number of benzene rings is 3. The molecule has 1 saturated heterocycles. The summed E-state index contributed by atoms with van der Waals surface area (Å²) in [5, 5.41) is 0.399. The molecule has 6 nitrogen and oxygen atoms in total. The minimum atomic E-state index is -3.94. The van der Waals surface area contributed by atoms with Gasteiger partial charge in [0.15, 0.2) is 0 Å². The van der Waals surface area contributed by atoms with Gasteiger partial charge in [0, 0.05) is 43.5 Å². The lowest BCUT2D eigenvalue weighted by molar-refractivity contribution is -0.134. The molecule has 0 aromatic heterocycles. The van der Waals surface area contributed by atoms with Crippen molar-refractivity contribution in [2.24, 2.45) is 5.41 Å². The van der Waals surface area contributed by atoms with Crippen LogP contribution in [0.5, 0.6) is 5.75 Å². The largest absolute Gasteiger partial charge is 0.493 e. The molecule has 0 radical (unpaired) electrons. The molecule has 0 spiro atoms. The predicted octanol–water partition coefficient (Wildman–Crippen LogP) is 5.89. The first kappa shape index (κ1) is 27.5. The van der Waals surface area contributed by atoms with Gasteiger partial charge >= 0.3 is 0 Å². The molecular weight excluding hydrogens is 531 g/mol. The quantitative estimate of drug-likeness (QED) is 0.327. The Morgan fingerprint density at radius 1 is 1.03 bits per heavy atom. The third-order valence-electron chi connectivity index (χ3n) is 6.64. The molecule has 1 aliphatic heterocycles. The van der Waals surface area contributed by atoms with Crippen molar-refractivity contribution in [1.82, 2.24) is 9.21 Å². The summed E-state index contributed by atoms with van der Waals surface area (Å²) < 4.78 is 34.8. The molecule has 1 amide bonds. The number of hydrogen-bond donors (Lipinski definition) is 0. The van der Waals surface area contributed by atoms with E-state index >= 15 is 0 Å². The Balaban J connectivity index is 1.59. The Morgan fingerprint density at radius 3 is 2.41 bits per heavy atom. The van der Waals surface area contributed by atoms with Crippen LogP contribution in [-0.4, -0.2) is 50.3 Å². The molecule has 1 aliphatic rings. The molecule has 0 saturated carbocycles. The molecule has 196 valence electrons. The zero-order chi connectivity index (χ0) is 26.5. The van der Waals surface area contributed by atoms with Crippen molar-refractivity contribution < 1.29 is 17.9 Å². The Morgan fingerprint density at radius 2 is 1.70 bits per heavy atom. The van der Waals surface area contributed by atoms with E-state index in [4.69, 9.17) is 27.9 Å². The molecule has 3 aromatic rings. The maximum absolute atomic E-state index is 13.6. The smallest absolute Gasteiger partial charge is 0.244 e. The number of ether oxygens (including phenoxy) is 1. The number of nitrogens with zero attached hydrogens (tertiary/aromatic N) is 2. The number of carbonyl (C=O) groups is 1. The van der Waals surface area contributed by atoms with Crippen LogP contribution in [0.3, 0.4) is 0 Å². The highest BCUT2D eigenvalue weighted by Crippen LogP contribution is 2.38. The summed E-state index contributed by atoms with van der Waals surface area (Å²) in [5.74, 6) is 0.602. The van der Waals surface area contributed by atoms with Gasteiger partial charge in [-0.05, 0) is 48.7 Å². The van der Waals surface area contributed by atoms with Crippen molar-refractivity contribution in [1.29, 1.82) is 0 Å². The Kier molecular flexibility index (Phi) is 8.80. The fourth-order valence-corrected chi connectivity index (χ4v) is 6.98. The molecule has 1 heterocycles. The number of para-hydroxylation sites is 1. The zero-order valence-electron chi connectivity index (χ0n) is 20.6. The van der Waals surface area contributed by atoms with Crippen LogP contribution in [0.15, 0.2) is 83.8 Å². The van der Waals surface area contributed by atoms with Crippen LogP contribution in [0.1, 0.15) is 24.8 Å². The van der Waals surface area contributed by atoms with Gasteiger partial charge < -0.3 is 9.64 Å². The molecule has 1 unspecified atom stereocenters. The van der Waals surface area contributed by atoms with E-state index in [0.717, 1.165) is 5.56 Å². The number of rotatable bonds is 9. The van der Waals surface area contributed by atoms with Crippen LogP contribution in [0, 0.1) is 5.41 Å². The molecule has 4 rings (SSSR count). The summed E-state index contributed by atoms with van der Waals surface area (Å²) in [6.45, 7) is 1.13. The summed E-state index contributed by atoms with van der Waals surface area (Å²) in [7, 11) is -2.17. The first-order chi connectivity index (χ1) is 17.7. The number of piperidine rings is 1. The summed E-state index contributed by atoms with van der Waals surface area (Å²) in [5.41, 5.74) is 0.310. The topological polar surface area (TPSA) is 66.9 Å². The van der Waals surface area contributed by atoms with Crippen molar-refractivity contribution in [3.63, 3.8) is 0 Å². The number of sulfonamides is 1. The van der Waals surface area contributed by atoms with Gasteiger partial charge in [0.2, 0.25) is 15.9 Å². The normalized spacial score (nSPS) is 18.4. The van der Waals surface area contributed by atoms with E-state index in [2.05, 4.69) is 0 Å². The van der Waals surface area contributed by atoms with Gasteiger partial charge in [-0.1, -0.05) is 71.7 Å². The standard InChI is InChI=1S/C28H30Cl2N2O4S/c1-31(19-22-9-4-2-5-10-22)27(33)18-28(21-36-24-11-6-3-7-12-24)15-8-16-32(20-28)37(34,35)26-17-23(29)13-14-25(26)30/h2-7,9-14,17H,8,15-16,18-21H2,1H3. The molecular formula is C28H30Cl2N2O4S. The average Bonchev–Trinajstić information content (AvgIpc) is 2.90. The van der Waals surface area contributed by atoms with Gasteiger partial charge in [0.25, 0.3) is 0 Å². The summed E-state index contributed by atoms with van der Waals surface area (Å²) in [6, 6.07) is 23.5.